The lowest BCUT2D eigenvalue weighted by atomic mass is 9.86. The number of hydrogen-bond donors (Lipinski definition) is 3. The summed E-state index contributed by atoms with van der Waals surface area (Å²) in [5.41, 5.74) is 13.9. The lowest BCUT2D eigenvalue weighted by Gasteiger charge is -2.26. The molecule has 0 aromatic carbocycles. The Kier molecular flexibility index (Phi) is 4.72. The number of carbonyl (C=O) groups excluding carboxylic acids is 1. The lowest BCUT2D eigenvalue weighted by Crippen LogP contribution is -2.29. The van der Waals surface area contributed by atoms with Gasteiger partial charge < -0.3 is 21.2 Å². The Morgan fingerprint density at radius 3 is 2.59 bits per heavy atom. The molecule has 0 bridgehead atoms. The molecule has 140 valence electrons. The molecule has 1 aliphatic rings. The van der Waals surface area contributed by atoms with Gasteiger partial charge >= 0.3 is 0 Å². The van der Waals surface area contributed by atoms with Crippen molar-refractivity contribution in [2.24, 2.45) is 17.4 Å². The molecule has 1 aliphatic carbocycles. The number of nitrogens with zero attached hydrogens (tertiary/aromatic N) is 4. The van der Waals surface area contributed by atoms with Gasteiger partial charge in [-0.05, 0) is 43.7 Å². The first-order valence-corrected chi connectivity index (χ1v) is 9.19. The summed E-state index contributed by atoms with van der Waals surface area (Å²) in [4.78, 5) is 24.7. The van der Waals surface area contributed by atoms with Gasteiger partial charge in [-0.25, -0.2) is 9.97 Å². The van der Waals surface area contributed by atoms with E-state index in [9.17, 15) is 4.79 Å². The Balaban J connectivity index is 1.67. The number of pyridine rings is 1. The normalized spacial score (nSPS) is 19.9. The molecule has 0 saturated heterocycles. The highest BCUT2D eigenvalue weighted by atomic mass is 16.1. The van der Waals surface area contributed by atoms with Gasteiger partial charge in [0.15, 0.2) is 11.5 Å². The zero-order chi connectivity index (χ0) is 18.8. The van der Waals surface area contributed by atoms with Gasteiger partial charge in [0.25, 0.3) is 5.91 Å². The minimum atomic E-state index is -0.559. The fourth-order valence-corrected chi connectivity index (χ4v) is 3.53. The monoisotopic (exact) mass is 365 g/mol. The van der Waals surface area contributed by atoms with Gasteiger partial charge in [0, 0.05) is 42.9 Å². The number of amides is 1. The Morgan fingerprint density at radius 1 is 1.15 bits per heavy atom. The summed E-state index contributed by atoms with van der Waals surface area (Å²) in [6.07, 6.45) is 11.3. The summed E-state index contributed by atoms with van der Waals surface area (Å²) < 4.78 is 1.79. The van der Waals surface area contributed by atoms with Crippen LogP contribution in [0.1, 0.15) is 36.2 Å². The Bertz CT molecular complexity index is 945. The van der Waals surface area contributed by atoms with Crippen molar-refractivity contribution in [3.8, 4) is 11.3 Å². The number of anilines is 1. The zero-order valence-corrected chi connectivity index (χ0v) is 15.0. The number of rotatable bonds is 5. The van der Waals surface area contributed by atoms with Crippen LogP contribution in [0.4, 0.5) is 5.82 Å². The molecule has 0 atom stereocenters. The predicted octanol–water partition coefficient (Wildman–Crippen LogP) is 1.82. The third-order valence-electron chi connectivity index (χ3n) is 5.12. The molecule has 3 aromatic rings. The van der Waals surface area contributed by atoms with E-state index in [1.807, 2.05) is 18.3 Å². The van der Waals surface area contributed by atoms with E-state index >= 15 is 0 Å². The summed E-state index contributed by atoms with van der Waals surface area (Å²) in [5.74, 6) is 0.643. The summed E-state index contributed by atoms with van der Waals surface area (Å²) in [6, 6.07) is 4.12. The standard InChI is InChI=1S/C19H23N7O/c20-14-3-1-12(2-4-14)9-23-18-19-25-16(17(21)27)11-26(19)10-15(24-18)13-5-7-22-8-6-13/h5-8,10-12,14H,1-4,9,20H2,(H2,21,27)(H,23,24)/t12-,14-. The van der Waals surface area contributed by atoms with Crippen molar-refractivity contribution in [1.82, 2.24) is 19.4 Å². The molecular formula is C19H23N7O. The molecular weight excluding hydrogens is 342 g/mol. The van der Waals surface area contributed by atoms with Crippen LogP contribution in [0.15, 0.2) is 36.9 Å². The molecule has 27 heavy (non-hydrogen) atoms. The Hall–Kier alpha value is -3.00. The molecule has 0 spiro atoms. The van der Waals surface area contributed by atoms with E-state index in [0.29, 0.717) is 23.4 Å². The average molecular weight is 365 g/mol. The van der Waals surface area contributed by atoms with Crippen LogP contribution < -0.4 is 16.8 Å². The van der Waals surface area contributed by atoms with Gasteiger partial charge in [-0.3, -0.25) is 9.78 Å². The molecule has 4 rings (SSSR count). The third-order valence-corrected chi connectivity index (χ3v) is 5.12. The first-order valence-electron chi connectivity index (χ1n) is 9.19. The van der Waals surface area contributed by atoms with Gasteiger partial charge in [-0.15, -0.1) is 0 Å². The highest BCUT2D eigenvalue weighted by Crippen LogP contribution is 2.26. The number of hydrogen-bond acceptors (Lipinski definition) is 6. The van der Waals surface area contributed by atoms with Crippen molar-refractivity contribution in [2.45, 2.75) is 31.7 Å². The van der Waals surface area contributed by atoms with Crippen LogP contribution in [0.2, 0.25) is 0 Å². The van der Waals surface area contributed by atoms with E-state index in [4.69, 9.17) is 16.5 Å². The average Bonchev–Trinajstić information content (AvgIpc) is 3.13. The molecule has 8 nitrogen and oxygen atoms in total. The SMILES string of the molecule is NC(=O)c1cn2cc(-c3ccncc3)nc(NC[C@H]3CC[C@H](N)CC3)c2n1. The van der Waals surface area contributed by atoms with Crippen molar-refractivity contribution in [3.63, 3.8) is 0 Å². The minimum absolute atomic E-state index is 0.218. The molecule has 3 heterocycles. The van der Waals surface area contributed by atoms with Crippen molar-refractivity contribution < 1.29 is 4.79 Å². The van der Waals surface area contributed by atoms with Crippen LogP contribution >= 0.6 is 0 Å². The second kappa shape index (κ2) is 7.32. The molecule has 1 saturated carbocycles. The molecule has 1 amide bonds. The maximum Gasteiger partial charge on any atom is 0.268 e. The molecule has 0 aliphatic heterocycles. The summed E-state index contributed by atoms with van der Waals surface area (Å²) >= 11 is 0. The van der Waals surface area contributed by atoms with Gasteiger partial charge in [-0.2, -0.15) is 0 Å². The molecule has 8 heteroatoms. The summed E-state index contributed by atoms with van der Waals surface area (Å²) in [5, 5.41) is 3.43. The summed E-state index contributed by atoms with van der Waals surface area (Å²) in [6.45, 7) is 0.800. The number of nitrogens with one attached hydrogen (secondary N) is 1. The smallest absolute Gasteiger partial charge is 0.268 e. The molecule has 0 radical (unpaired) electrons. The van der Waals surface area contributed by atoms with E-state index < -0.39 is 5.91 Å². The van der Waals surface area contributed by atoms with Gasteiger partial charge in [0.2, 0.25) is 0 Å². The molecule has 5 N–H and O–H groups in total. The van der Waals surface area contributed by atoms with E-state index in [0.717, 1.165) is 43.5 Å². The van der Waals surface area contributed by atoms with Gasteiger partial charge in [-0.1, -0.05) is 0 Å². The van der Waals surface area contributed by atoms with E-state index in [1.165, 1.54) is 0 Å². The van der Waals surface area contributed by atoms with Crippen molar-refractivity contribution in [3.05, 3.63) is 42.6 Å². The first-order chi connectivity index (χ1) is 13.1. The van der Waals surface area contributed by atoms with Crippen molar-refractivity contribution >= 4 is 17.4 Å². The quantitative estimate of drug-likeness (QED) is 0.633. The molecule has 0 unspecified atom stereocenters. The largest absolute Gasteiger partial charge is 0.367 e. The number of nitrogens with two attached hydrogens (primary N) is 2. The first kappa shape index (κ1) is 17.4. The zero-order valence-electron chi connectivity index (χ0n) is 15.0. The maximum atomic E-state index is 11.6. The van der Waals surface area contributed by atoms with Crippen LogP contribution in [0.3, 0.4) is 0 Å². The van der Waals surface area contributed by atoms with Crippen LogP contribution in [0.5, 0.6) is 0 Å². The minimum Gasteiger partial charge on any atom is -0.367 e. The van der Waals surface area contributed by atoms with E-state index in [2.05, 4.69) is 15.3 Å². The fourth-order valence-electron chi connectivity index (χ4n) is 3.53. The van der Waals surface area contributed by atoms with Crippen LogP contribution in [-0.4, -0.2) is 37.8 Å². The Morgan fingerprint density at radius 2 is 1.89 bits per heavy atom. The van der Waals surface area contributed by atoms with E-state index in [-0.39, 0.29) is 5.69 Å². The second-order valence-electron chi connectivity index (χ2n) is 7.09. The van der Waals surface area contributed by atoms with Crippen LogP contribution in [0.25, 0.3) is 16.9 Å². The van der Waals surface area contributed by atoms with Crippen LogP contribution in [-0.2, 0) is 0 Å². The number of carbonyl (C=O) groups is 1. The highest BCUT2D eigenvalue weighted by Gasteiger charge is 2.20. The maximum absolute atomic E-state index is 11.6. The highest BCUT2D eigenvalue weighted by molar-refractivity contribution is 5.92. The Labute approximate surface area is 157 Å². The number of imidazole rings is 1. The van der Waals surface area contributed by atoms with Gasteiger partial charge in [0.05, 0.1) is 5.69 Å². The summed E-state index contributed by atoms with van der Waals surface area (Å²) in [7, 11) is 0. The van der Waals surface area contributed by atoms with E-state index in [1.54, 1.807) is 23.0 Å². The number of fused-ring (bicyclic) bond motifs is 1. The topological polar surface area (TPSA) is 124 Å². The van der Waals surface area contributed by atoms with Crippen LogP contribution in [0, 0.1) is 5.92 Å². The fraction of sp³-hybridized carbons (Fsp3) is 0.368. The van der Waals surface area contributed by atoms with Crippen molar-refractivity contribution in [2.75, 3.05) is 11.9 Å². The molecule has 3 aromatic heterocycles. The predicted molar refractivity (Wildman–Crippen MR) is 103 cm³/mol. The second-order valence-corrected chi connectivity index (χ2v) is 7.09. The molecule has 1 fully saturated rings. The third kappa shape index (κ3) is 3.75. The van der Waals surface area contributed by atoms with Crippen molar-refractivity contribution in [1.29, 1.82) is 0 Å². The lowest BCUT2D eigenvalue weighted by molar-refractivity contribution is 0.0996. The number of aromatic nitrogens is 4. The number of primary amides is 1. The van der Waals surface area contributed by atoms with Gasteiger partial charge in [0.1, 0.15) is 5.69 Å².